The monoisotopic (exact) mass is 484 g/mol. The quantitative estimate of drug-likeness (QED) is 0.358. The normalized spacial score (nSPS) is 12.3. The third-order valence-electron chi connectivity index (χ3n) is 3.91. The number of guanidine groups is 1. The van der Waals surface area contributed by atoms with Crippen molar-refractivity contribution in [2.45, 2.75) is 19.9 Å². The first kappa shape index (κ1) is 21.1. The van der Waals surface area contributed by atoms with E-state index in [2.05, 4.69) is 26.7 Å². The molecular weight excluding hydrogens is 459 g/mol. The molecule has 0 saturated heterocycles. The number of halogens is 1. The largest absolute Gasteiger partial charge is 0.481 e. The maximum absolute atomic E-state index is 5.42. The van der Waals surface area contributed by atoms with Crippen molar-refractivity contribution in [3.8, 4) is 17.4 Å². The molecule has 0 atom stereocenters. The summed E-state index contributed by atoms with van der Waals surface area (Å²) >= 11 is 0. The maximum Gasteiger partial charge on any atom is 0.231 e. The maximum atomic E-state index is 5.42. The highest BCUT2D eigenvalue weighted by Gasteiger charge is 2.12. The van der Waals surface area contributed by atoms with Crippen LogP contribution in [0.25, 0.3) is 0 Å². The van der Waals surface area contributed by atoms with E-state index in [-0.39, 0.29) is 24.0 Å². The van der Waals surface area contributed by atoms with E-state index in [9.17, 15) is 0 Å². The van der Waals surface area contributed by atoms with Crippen molar-refractivity contribution in [3.63, 3.8) is 0 Å². The van der Waals surface area contributed by atoms with Crippen LogP contribution in [0.2, 0.25) is 0 Å². The van der Waals surface area contributed by atoms with Gasteiger partial charge in [-0.05, 0) is 36.6 Å². The smallest absolute Gasteiger partial charge is 0.231 e. The van der Waals surface area contributed by atoms with E-state index >= 15 is 0 Å². The van der Waals surface area contributed by atoms with E-state index in [1.165, 1.54) is 5.56 Å². The Morgan fingerprint density at radius 3 is 2.70 bits per heavy atom. The lowest BCUT2D eigenvalue weighted by molar-refractivity contribution is 0.174. The number of pyridine rings is 1. The third-order valence-corrected chi connectivity index (χ3v) is 3.91. The number of nitrogens with one attached hydrogen (secondary N) is 2. The number of nitrogens with zero attached hydrogens (tertiary/aromatic N) is 2. The molecule has 0 radical (unpaired) electrons. The Kier molecular flexibility index (Phi) is 8.43. The summed E-state index contributed by atoms with van der Waals surface area (Å²) in [6.07, 6.45) is 2.64. The van der Waals surface area contributed by atoms with Crippen molar-refractivity contribution < 1.29 is 14.2 Å². The van der Waals surface area contributed by atoms with Crippen molar-refractivity contribution in [1.82, 2.24) is 15.6 Å². The van der Waals surface area contributed by atoms with Gasteiger partial charge in [0.05, 0.1) is 13.7 Å². The molecule has 146 valence electrons. The Balaban J connectivity index is 0.00000261. The van der Waals surface area contributed by atoms with Crippen LogP contribution in [0.15, 0.2) is 41.5 Å². The van der Waals surface area contributed by atoms with Crippen LogP contribution in [0.1, 0.15) is 18.1 Å². The second-order valence-corrected chi connectivity index (χ2v) is 5.77. The van der Waals surface area contributed by atoms with Crippen molar-refractivity contribution in [2.75, 3.05) is 27.0 Å². The van der Waals surface area contributed by atoms with Crippen LogP contribution in [0.4, 0.5) is 0 Å². The van der Waals surface area contributed by atoms with Crippen molar-refractivity contribution in [2.24, 2.45) is 4.99 Å². The van der Waals surface area contributed by atoms with Gasteiger partial charge in [0.1, 0.15) is 0 Å². The second-order valence-electron chi connectivity index (χ2n) is 5.77. The number of ether oxygens (including phenoxy) is 3. The van der Waals surface area contributed by atoms with Gasteiger partial charge in [-0.1, -0.05) is 12.1 Å². The Bertz CT molecular complexity index is 753. The molecule has 0 amide bonds. The molecule has 2 aromatic rings. The van der Waals surface area contributed by atoms with E-state index in [1.807, 2.05) is 31.2 Å². The molecule has 1 aromatic carbocycles. The van der Waals surface area contributed by atoms with Gasteiger partial charge in [-0.15, -0.1) is 24.0 Å². The molecule has 1 aliphatic heterocycles. The summed E-state index contributed by atoms with van der Waals surface area (Å²) in [6, 6.07) is 9.84. The molecule has 0 fully saturated rings. The summed E-state index contributed by atoms with van der Waals surface area (Å²) in [5, 5.41) is 6.60. The Morgan fingerprint density at radius 1 is 1.15 bits per heavy atom. The number of aliphatic imine (C=N–C) groups is 1. The highest BCUT2D eigenvalue weighted by molar-refractivity contribution is 14.0. The predicted octanol–water partition coefficient (Wildman–Crippen LogP) is 2.73. The van der Waals surface area contributed by atoms with Gasteiger partial charge >= 0.3 is 0 Å². The zero-order chi connectivity index (χ0) is 18.2. The Morgan fingerprint density at radius 2 is 1.96 bits per heavy atom. The summed E-state index contributed by atoms with van der Waals surface area (Å²) in [5.74, 6) is 3.01. The van der Waals surface area contributed by atoms with Crippen LogP contribution in [0.5, 0.6) is 17.4 Å². The lowest BCUT2D eigenvalue weighted by Crippen LogP contribution is -2.38. The van der Waals surface area contributed by atoms with Crippen molar-refractivity contribution >= 4 is 29.9 Å². The first-order chi connectivity index (χ1) is 12.8. The van der Waals surface area contributed by atoms with Gasteiger partial charge in [0.25, 0.3) is 0 Å². The molecule has 2 heterocycles. The number of hydrogen-bond acceptors (Lipinski definition) is 5. The standard InChI is InChI=1S/C19H24N4O3.HI/c1-3-20-19(23-12-15-5-7-18(24-2)22-11-15)21-9-8-14-4-6-16-17(10-14)26-13-25-16;/h4-7,10-11H,3,8-9,12-13H2,1-2H3,(H2,20,21,23);1H. The molecule has 0 aliphatic carbocycles. The Hall–Kier alpha value is -2.23. The summed E-state index contributed by atoms with van der Waals surface area (Å²) in [5.41, 5.74) is 2.22. The van der Waals surface area contributed by atoms with Gasteiger partial charge in [0.2, 0.25) is 12.7 Å². The van der Waals surface area contributed by atoms with Crippen molar-refractivity contribution in [1.29, 1.82) is 0 Å². The van der Waals surface area contributed by atoms with Crippen LogP contribution in [0.3, 0.4) is 0 Å². The number of fused-ring (bicyclic) bond motifs is 1. The van der Waals surface area contributed by atoms with Crippen molar-refractivity contribution in [3.05, 3.63) is 47.7 Å². The molecule has 1 aliphatic rings. The molecule has 7 nitrogen and oxygen atoms in total. The molecule has 8 heteroatoms. The van der Waals surface area contributed by atoms with Gasteiger partial charge in [0, 0.05) is 25.4 Å². The molecule has 0 spiro atoms. The average Bonchev–Trinajstić information content (AvgIpc) is 3.14. The first-order valence-electron chi connectivity index (χ1n) is 8.68. The van der Waals surface area contributed by atoms with E-state index in [0.717, 1.165) is 42.5 Å². The van der Waals surface area contributed by atoms with E-state index in [4.69, 9.17) is 14.2 Å². The lowest BCUT2D eigenvalue weighted by atomic mass is 10.1. The van der Waals surface area contributed by atoms with E-state index in [0.29, 0.717) is 19.2 Å². The predicted molar refractivity (Wildman–Crippen MR) is 115 cm³/mol. The average molecular weight is 484 g/mol. The highest BCUT2D eigenvalue weighted by atomic mass is 127. The summed E-state index contributed by atoms with van der Waals surface area (Å²) in [7, 11) is 1.60. The fraction of sp³-hybridized carbons (Fsp3) is 0.368. The van der Waals surface area contributed by atoms with Crippen LogP contribution in [0, 0.1) is 0 Å². The van der Waals surface area contributed by atoms with Crippen LogP contribution < -0.4 is 24.8 Å². The number of benzene rings is 1. The van der Waals surface area contributed by atoms with Gasteiger partial charge in [-0.3, -0.25) is 0 Å². The third kappa shape index (κ3) is 6.16. The fourth-order valence-electron chi connectivity index (χ4n) is 2.56. The van der Waals surface area contributed by atoms with Crippen LogP contribution in [-0.2, 0) is 13.0 Å². The van der Waals surface area contributed by atoms with Gasteiger partial charge in [-0.2, -0.15) is 0 Å². The lowest BCUT2D eigenvalue weighted by Gasteiger charge is -2.11. The summed E-state index contributed by atoms with van der Waals surface area (Å²) in [6.45, 7) is 4.47. The molecule has 1 aromatic heterocycles. The number of aromatic nitrogens is 1. The molecule has 0 unspecified atom stereocenters. The highest BCUT2D eigenvalue weighted by Crippen LogP contribution is 2.32. The van der Waals surface area contributed by atoms with E-state index in [1.54, 1.807) is 13.3 Å². The first-order valence-corrected chi connectivity index (χ1v) is 8.68. The SMILES string of the molecule is CCNC(=NCc1ccc(OC)nc1)NCCc1ccc2c(c1)OCO2.I. The summed E-state index contributed by atoms with van der Waals surface area (Å²) in [4.78, 5) is 8.79. The minimum absolute atomic E-state index is 0. The second kappa shape index (κ2) is 10.8. The minimum atomic E-state index is 0. The molecule has 0 bridgehead atoms. The van der Waals surface area contributed by atoms with E-state index < -0.39 is 0 Å². The Labute approximate surface area is 176 Å². The van der Waals surface area contributed by atoms with Gasteiger partial charge in [-0.25, -0.2) is 9.98 Å². The van der Waals surface area contributed by atoms with Crippen LogP contribution in [-0.4, -0.2) is 37.9 Å². The molecular formula is C19H25IN4O3. The number of hydrogen-bond donors (Lipinski definition) is 2. The molecule has 2 N–H and O–H groups in total. The molecule has 27 heavy (non-hydrogen) atoms. The molecule has 3 rings (SSSR count). The van der Waals surface area contributed by atoms with Gasteiger partial charge in [0.15, 0.2) is 17.5 Å². The molecule has 0 saturated carbocycles. The topological polar surface area (TPSA) is 77.0 Å². The number of methoxy groups -OCH3 is 1. The summed E-state index contributed by atoms with van der Waals surface area (Å²) < 4.78 is 15.8. The zero-order valence-corrected chi connectivity index (χ0v) is 17.9. The van der Waals surface area contributed by atoms with Gasteiger partial charge < -0.3 is 24.8 Å². The van der Waals surface area contributed by atoms with Crippen LogP contribution >= 0.6 is 24.0 Å². The minimum Gasteiger partial charge on any atom is -0.481 e. The number of rotatable bonds is 7. The zero-order valence-electron chi connectivity index (χ0n) is 15.5. The fourth-order valence-corrected chi connectivity index (χ4v) is 2.56.